The van der Waals surface area contributed by atoms with Crippen molar-refractivity contribution in [2.45, 2.75) is 47.5 Å². The van der Waals surface area contributed by atoms with Gasteiger partial charge in [-0.2, -0.15) is 0 Å². The lowest BCUT2D eigenvalue weighted by Gasteiger charge is -2.28. The third-order valence-electron chi connectivity index (χ3n) is 3.18. The Morgan fingerprint density at radius 1 is 1.09 bits per heavy atom. The summed E-state index contributed by atoms with van der Waals surface area (Å²) in [6, 6.07) is 9.75. The number of para-hydroxylation sites is 1. The first kappa shape index (κ1) is 18.2. The van der Waals surface area contributed by atoms with Crippen molar-refractivity contribution in [3.63, 3.8) is 0 Å². The van der Waals surface area contributed by atoms with Crippen LogP contribution in [0.25, 0.3) is 0 Å². The molecular formula is C18H29N3O. The van der Waals surface area contributed by atoms with Crippen LogP contribution in [0.1, 0.15) is 47.5 Å². The Morgan fingerprint density at radius 2 is 1.64 bits per heavy atom. The molecule has 4 heteroatoms. The SMILES string of the molecule is CCCN(CCC)C(=Nc1ccccc1)NC(=O)C(C)(C)C. The van der Waals surface area contributed by atoms with Crippen LogP contribution in [-0.2, 0) is 4.79 Å². The van der Waals surface area contributed by atoms with Crippen LogP contribution in [0.15, 0.2) is 35.3 Å². The summed E-state index contributed by atoms with van der Waals surface area (Å²) >= 11 is 0. The lowest BCUT2D eigenvalue weighted by atomic mass is 9.96. The van der Waals surface area contributed by atoms with E-state index in [2.05, 4.69) is 29.1 Å². The molecule has 0 bridgehead atoms. The molecule has 0 saturated carbocycles. The fraction of sp³-hybridized carbons (Fsp3) is 0.556. The summed E-state index contributed by atoms with van der Waals surface area (Å²) in [7, 11) is 0. The number of nitrogens with zero attached hydrogens (tertiary/aromatic N) is 2. The maximum Gasteiger partial charge on any atom is 0.232 e. The number of amides is 1. The molecule has 1 N–H and O–H groups in total. The molecule has 0 spiro atoms. The maximum absolute atomic E-state index is 12.4. The Balaban J connectivity index is 3.08. The molecular weight excluding hydrogens is 274 g/mol. The van der Waals surface area contributed by atoms with Gasteiger partial charge < -0.3 is 4.90 Å². The zero-order valence-corrected chi connectivity index (χ0v) is 14.5. The van der Waals surface area contributed by atoms with Gasteiger partial charge in [0.15, 0.2) is 0 Å². The summed E-state index contributed by atoms with van der Waals surface area (Å²) in [4.78, 5) is 19.2. The van der Waals surface area contributed by atoms with Gasteiger partial charge in [0, 0.05) is 18.5 Å². The van der Waals surface area contributed by atoms with Crippen molar-refractivity contribution in [1.82, 2.24) is 10.2 Å². The lowest BCUT2D eigenvalue weighted by molar-refractivity contribution is -0.127. The highest BCUT2D eigenvalue weighted by Gasteiger charge is 2.24. The van der Waals surface area contributed by atoms with Gasteiger partial charge in [0.2, 0.25) is 11.9 Å². The topological polar surface area (TPSA) is 44.7 Å². The van der Waals surface area contributed by atoms with Gasteiger partial charge in [-0.3, -0.25) is 10.1 Å². The van der Waals surface area contributed by atoms with Gasteiger partial charge in [-0.25, -0.2) is 4.99 Å². The number of guanidine groups is 1. The summed E-state index contributed by atoms with van der Waals surface area (Å²) in [5, 5.41) is 3.01. The van der Waals surface area contributed by atoms with E-state index in [-0.39, 0.29) is 5.91 Å². The summed E-state index contributed by atoms with van der Waals surface area (Å²) in [6.07, 6.45) is 2.03. The van der Waals surface area contributed by atoms with Crippen LogP contribution in [0.4, 0.5) is 5.69 Å². The Kier molecular flexibility index (Phi) is 7.09. The number of rotatable bonds is 5. The first-order valence-corrected chi connectivity index (χ1v) is 8.08. The van der Waals surface area contributed by atoms with Gasteiger partial charge >= 0.3 is 0 Å². The number of benzene rings is 1. The number of hydrogen-bond acceptors (Lipinski definition) is 2. The van der Waals surface area contributed by atoms with E-state index < -0.39 is 5.41 Å². The molecule has 1 aromatic rings. The second-order valence-corrected chi connectivity index (χ2v) is 6.46. The van der Waals surface area contributed by atoms with Gasteiger partial charge in [0.05, 0.1) is 5.69 Å². The van der Waals surface area contributed by atoms with Crippen molar-refractivity contribution in [2.75, 3.05) is 13.1 Å². The predicted octanol–water partition coefficient (Wildman–Crippen LogP) is 3.96. The minimum atomic E-state index is -0.443. The fourth-order valence-corrected chi connectivity index (χ4v) is 1.96. The fourth-order valence-electron chi connectivity index (χ4n) is 1.96. The van der Waals surface area contributed by atoms with E-state index in [9.17, 15) is 4.79 Å². The number of aliphatic imine (C=N–C) groups is 1. The van der Waals surface area contributed by atoms with Gasteiger partial charge in [-0.05, 0) is 25.0 Å². The number of carbonyl (C=O) groups excluding carboxylic acids is 1. The molecule has 0 atom stereocenters. The summed E-state index contributed by atoms with van der Waals surface area (Å²) in [5.41, 5.74) is 0.408. The highest BCUT2D eigenvalue weighted by molar-refractivity contribution is 6.00. The van der Waals surface area contributed by atoms with E-state index in [1.165, 1.54) is 0 Å². The van der Waals surface area contributed by atoms with Gasteiger partial charge in [0.1, 0.15) is 0 Å². The molecule has 0 aromatic heterocycles. The molecule has 22 heavy (non-hydrogen) atoms. The molecule has 1 aromatic carbocycles. The minimum absolute atomic E-state index is 0.0145. The second-order valence-electron chi connectivity index (χ2n) is 6.46. The van der Waals surface area contributed by atoms with Crippen molar-refractivity contribution in [3.05, 3.63) is 30.3 Å². The normalized spacial score (nSPS) is 12.1. The van der Waals surface area contributed by atoms with Gasteiger partial charge in [-0.1, -0.05) is 52.8 Å². The largest absolute Gasteiger partial charge is 0.342 e. The standard InChI is InChI=1S/C18H29N3O/c1-6-13-21(14-7-2)17(20-16(22)18(3,4)5)19-15-11-9-8-10-12-15/h8-12H,6-7,13-14H2,1-5H3,(H,19,20,22). The molecule has 0 unspecified atom stereocenters. The van der Waals surface area contributed by atoms with E-state index in [0.717, 1.165) is 31.6 Å². The van der Waals surface area contributed by atoms with Gasteiger partial charge in [-0.15, -0.1) is 0 Å². The number of carbonyl (C=O) groups is 1. The van der Waals surface area contributed by atoms with Crippen LogP contribution >= 0.6 is 0 Å². The van der Waals surface area contributed by atoms with Crippen molar-refractivity contribution in [1.29, 1.82) is 0 Å². The van der Waals surface area contributed by atoms with E-state index in [1.54, 1.807) is 0 Å². The van der Waals surface area contributed by atoms with Crippen LogP contribution in [0, 0.1) is 5.41 Å². The number of hydrogen-bond donors (Lipinski definition) is 1. The Morgan fingerprint density at radius 3 is 2.09 bits per heavy atom. The van der Waals surface area contributed by atoms with Crippen molar-refractivity contribution in [3.8, 4) is 0 Å². The monoisotopic (exact) mass is 303 g/mol. The molecule has 122 valence electrons. The lowest BCUT2D eigenvalue weighted by Crippen LogP contribution is -2.48. The highest BCUT2D eigenvalue weighted by atomic mass is 16.2. The molecule has 0 aliphatic heterocycles. The highest BCUT2D eigenvalue weighted by Crippen LogP contribution is 2.15. The van der Waals surface area contributed by atoms with E-state index >= 15 is 0 Å². The third kappa shape index (κ3) is 5.88. The van der Waals surface area contributed by atoms with Crippen molar-refractivity contribution >= 4 is 17.6 Å². The van der Waals surface area contributed by atoms with Crippen LogP contribution in [-0.4, -0.2) is 29.9 Å². The van der Waals surface area contributed by atoms with E-state index in [1.807, 2.05) is 51.1 Å². The second kappa shape index (κ2) is 8.57. The third-order valence-corrected chi connectivity index (χ3v) is 3.18. The smallest absolute Gasteiger partial charge is 0.232 e. The zero-order valence-electron chi connectivity index (χ0n) is 14.5. The summed E-state index contributed by atoms with van der Waals surface area (Å²) < 4.78 is 0. The Hall–Kier alpha value is -1.84. The zero-order chi connectivity index (χ0) is 16.6. The van der Waals surface area contributed by atoms with Crippen LogP contribution < -0.4 is 5.32 Å². The summed E-state index contributed by atoms with van der Waals surface area (Å²) in [6.45, 7) is 11.8. The van der Waals surface area contributed by atoms with Crippen LogP contribution in [0.5, 0.6) is 0 Å². The van der Waals surface area contributed by atoms with Crippen molar-refractivity contribution < 1.29 is 4.79 Å². The molecule has 0 heterocycles. The maximum atomic E-state index is 12.4. The first-order chi connectivity index (χ1) is 10.4. The number of nitrogens with one attached hydrogen (secondary N) is 1. The van der Waals surface area contributed by atoms with Crippen LogP contribution in [0.3, 0.4) is 0 Å². The van der Waals surface area contributed by atoms with E-state index in [4.69, 9.17) is 0 Å². The molecule has 0 aliphatic rings. The quantitative estimate of drug-likeness (QED) is 0.661. The molecule has 1 rings (SSSR count). The molecule has 4 nitrogen and oxygen atoms in total. The summed E-state index contributed by atoms with van der Waals surface area (Å²) in [5.74, 6) is 0.634. The molecule has 0 fully saturated rings. The van der Waals surface area contributed by atoms with Gasteiger partial charge in [0.25, 0.3) is 0 Å². The first-order valence-electron chi connectivity index (χ1n) is 8.08. The van der Waals surface area contributed by atoms with Crippen molar-refractivity contribution in [2.24, 2.45) is 10.4 Å². The molecule has 0 saturated heterocycles. The average Bonchev–Trinajstić information content (AvgIpc) is 2.46. The molecule has 0 radical (unpaired) electrons. The Bertz CT molecular complexity index is 483. The molecule has 0 aliphatic carbocycles. The van der Waals surface area contributed by atoms with Crippen LogP contribution in [0.2, 0.25) is 0 Å². The Labute approximate surface area is 134 Å². The minimum Gasteiger partial charge on any atom is -0.342 e. The molecule has 1 amide bonds. The average molecular weight is 303 g/mol. The van der Waals surface area contributed by atoms with E-state index in [0.29, 0.717) is 5.96 Å². The predicted molar refractivity (Wildman–Crippen MR) is 93.3 cm³/mol.